The van der Waals surface area contributed by atoms with Crippen LogP contribution < -0.4 is 10.1 Å². The lowest BCUT2D eigenvalue weighted by Crippen LogP contribution is -2.08. The van der Waals surface area contributed by atoms with Crippen LogP contribution in [-0.2, 0) is 10.1 Å². The van der Waals surface area contributed by atoms with Gasteiger partial charge in [0.05, 0.1) is 0 Å². The normalized spacial score (nSPS) is 9.64. The average molecular weight is 176 g/mol. The molecule has 1 aromatic rings. The van der Waals surface area contributed by atoms with Gasteiger partial charge in [0, 0.05) is 5.02 Å². The average Bonchev–Trinajstić information content (AvgIpc) is 2.04. The van der Waals surface area contributed by atoms with Crippen molar-refractivity contribution < 1.29 is 20.2 Å². The Kier molecular flexibility index (Phi) is 3.13. The molecule has 0 aliphatic heterocycles. The lowest BCUT2D eigenvalue weighted by molar-refractivity contribution is -0.838. The molecule has 0 aliphatic carbocycles. The summed E-state index contributed by atoms with van der Waals surface area (Å²) in [6.07, 6.45) is 0. The molecule has 0 heterocycles. The van der Waals surface area contributed by atoms with Crippen LogP contribution in [0.4, 0.5) is 0 Å². The molecule has 0 amide bonds. The maximum absolute atomic E-state index is 9.30. The van der Waals surface area contributed by atoms with E-state index in [2.05, 4.69) is 15.0 Å². The second-order valence-electron chi connectivity index (χ2n) is 1.67. The lowest BCUT2D eigenvalue weighted by atomic mass is 10.3. The van der Waals surface area contributed by atoms with Gasteiger partial charge in [-0.05, 0) is 29.3 Å². The first-order valence-corrected chi connectivity index (χ1v) is 3.09. The Bertz CT molecular complexity index is 210. The quantitative estimate of drug-likeness (QED) is 0.505. The molecule has 4 nitrogen and oxygen atoms in total. The van der Waals surface area contributed by atoms with Crippen molar-refractivity contribution in [1.82, 2.24) is 0 Å². The molecule has 0 N–H and O–H groups in total. The first-order valence-electron chi connectivity index (χ1n) is 2.71. The van der Waals surface area contributed by atoms with E-state index in [1.54, 1.807) is 12.1 Å². The summed E-state index contributed by atoms with van der Waals surface area (Å²) in [5, 5.41) is 16.5. The Morgan fingerprint density at radius 1 is 1.18 bits per heavy atom. The fourth-order valence-electron chi connectivity index (χ4n) is 0.543. The first-order chi connectivity index (χ1) is 5.33. The van der Waals surface area contributed by atoms with Crippen molar-refractivity contribution in [2.75, 3.05) is 0 Å². The van der Waals surface area contributed by atoms with Crippen LogP contribution in [0.5, 0.6) is 5.75 Å². The van der Waals surface area contributed by atoms with Crippen molar-refractivity contribution in [3.8, 4) is 5.75 Å². The molecule has 0 spiro atoms. The van der Waals surface area contributed by atoms with Crippen molar-refractivity contribution in [2.24, 2.45) is 0 Å². The van der Waals surface area contributed by atoms with E-state index in [-0.39, 0.29) is 0 Å². The van der Waals surface area contributed by atoms with Gasteiger partial charge >= 0.3 is 0 Å². The molecule has 0 fully saturated rings. The summed E-state index contributed by atoms with van der Waals surface area (Å²) in [7, 11) is 0. The zero-order valence-corrected chi connectivity index (χ0v) is 6.08. The maximum Gasteiger partial charge on any atom is 0.168 e. The van der Waals surface area contributed by atoms with Crippen LogP contribution in [0, 0.1) is 0 Å². The van der Waals surface area contributed by atoms with Gasteiger partial charge in [-0.3, -0.25) is 5.04 Å². The van der Waals surface area contributed by atoms with E-state index in [1.807, 2.05) is 0 Å². The minimum absolute atomic E-state index is 0.338. The largest absolute Gasteiger partial charge is 0.689 e. The van der Waals surface area contributed by atoms with Crippen molar-refractivity contribution in [1.29, 1.82) is 0 Å². The number of halogens is 1. The van der Waals surface area contributed by atoms with Gasteiger partial charge in [0.25, 0.3) is 0 Å². The molecule has 5 heteroatoms. The summed E-state index contributed by atoms with van der Waals surface area (Å²) in [4.78, 5) is 4.32. The number of benzene rings is 1. The minimum atomic E-state index is 0.338. The zero-order chi connectivity index (χ0) is 8.10. The highest BCUT2D eigenvalue weighted by atomic mass is 35.5. The molecule has 0 aliphatic rings. The molecule has 1 rings (SSSR count). The van der Waals surface area contributed by atoms with Gasteiger partial charge < -0.3 is 10.1 Å². The van der Waals surface area contributed by atoms with E-state index < -0.39 is 0 Å². The van der Waals surface area contributed by atoms with Gasteiger partial charge in [-0.1, -0.05) is 11.6 Å². The Labute approximate surface area is 67.7 Å². The lowest BCUT2D eigenvalue weighted by Gasteiger charge is -2.04. The summed E-state index contributed by atoms with van der Waals surface area (Å²) in [6, 6.07) is 6.23. The highest BCUT2D eigenvalue weighted by Crippen LogP contribution is 2.15. The number of hydrogen-bond acceptors (Lipinski definition) is 4. The second kappa shape index (κ2) is 4.15. The summed E-state index contributed by atoms with van der Waals surface area (Å²) < 4.78 is 0. The molecular weight excluding hydrogens is 172 g/mol. The van der Waals surface area contributed by atoms with E-state index in [1.165, 1.54) is 12.1 Å². The van der Waals surface area contributed by atoms with Crippen molar-refractivity contribution in [2.45, 2.75) is 0 Å². The van der Waals surface area contributed by atoms with Crippen LogP contribution in [0.1, 0.15) is 0 Å². The first kappa shape index (κ1) is 8.29. The number of hydrogen-bond donors (Lipinski definition) is 0. The fraction of sp³-hybridized carbons (Fsp3) is 0. The zero-order valence-electron chi connectivity index (χ0n) is 5.32. The second-order valence-corrected chi connectivity index (χ2v) is 2.11. The Balaban J connectivity index is 2.52. The summed E-state index contributed by atoms with van der Waals surface area (Å²) in [5.74, 6) is 0.338. The molecule has 0 atom stereocenters. The molecule has 60 valence electrons. The van der Waals surface area contributed by atoms with Crippen LogP contribution in [0.15, 0.2) is 24.3 Å². The molecule has 0 saturated carbocycles. The molecule has 0 bridgehead atoms. The molecule has 0 radical (unpaired) electrons. The van der Waals surface area contributed by atoms with Crippen LogP contribution >= 0.6 is 11.6 Å². The summed E-state index contributed by atoms with van der Waals surface area (Å²) in [5.41, 5.74) is 0. The predicted molar refractivity (Wildman–Crippen MR) is 34.3 cm³/mol. The molecular formula is C6H4ClO4-. The predicted octanol–water partition coefficient (Wildman–Crippen LogP) is 0.857. The van der Waals surface area contributed by atoms with Crippen LogP contribution in [0.25, 0.3) is 0 Å². The topological polar surface area (TPSA) is 50.8 Å². The maximum atomic E-state index is 9.30. The fourth-order valence-corrected chi connectivity index (χ4v) is 0.669. The SMILES string of the molecule is [O-]OOOc1ccc(Cl)cc1. The molecule has 0 aromatic heterocycles. The van der Waals surface area contributed by atoms with Crippen LogP contribution in [0.3, 0.4) is 0 Å². The minimum Gasteiger partial charge on any atom is -0.689 e. The van der Waals surface area contributed by atoms with Gasteiger partial charge in [0.2, 0.25) is 0 Å². The van der Waals surface area contributed by atoms with E-state index in [0.717, 1.165) is 0 Å². The summed E-state index contributed by atoms with van der Waals surface area (Å²) in [6.45, 7) is 0. The van der Waals surface area contributed by atoms with Gasteiger partial charge in [-0.2, -0.15) is 0 Å². The van der Waals surface area contributed by atoms with E-state index >= 15 is 0 Å². The monoisotopic (exact) mass is 175 g/mol. The highest BCUT2D eigenvalue weighted by molar-refractivity contribution is 6.30. The third-order valence-electron chi connectivity index (χ3n) is 0.972. The van der Waals surface area contributed by atoms with Gasteiger partial charge in [-0.25, -0.2) is 0 Å². The van der Waals surface area contributed by atoms with E-state index in [9.17, 15) is 5.26 Å². The van der Waals surface area contributed by atoms with Crippen LogP contribution in [-0.4, -0.2) is 0 Å². The highest BCUT2D eigenvalue weighted by Gasteiger charge is 1.92. The number of rotatable bonds is 3. The van der Waals surface area contributed by atoms with Gasteiger partial charge in [0.1, 0.15) is 0 Å². The molecule has 1 aromatic carbocycles. The van der Waals surface area contributed by atoms with Gasteiger partial charge in [0.15, 0.2) is 5.75 Å². The van der Waals surface area contributed by atoms with Crippen molar-refractivity contribution in [3.63, 3.8) is 0 Å². The Morgan fingerprint density at radius 3 is 2.36 bits per heavy atom. The third-order valence-corrected chi connectivity index (χ3v) is 1.22. The van der Waals surface area contributed by atoms with E-state index in [0.29, 0.717) is 10.8 Å². The molecule has 11 heavy (non-hydrogen) atoms. The Hall–Kier alpha value is -0.810. The smallest absolute Gasteiger partial charge is 0.168 e. The van der Waals surface area contributed by atoms with Crippen molar-refractivity contribution in [3.05, 3.63) is 29.3 Å². The third kappa shape index (κ3) is 2.73. The standard InChI is InChI=1S/C6H5ClO4/c7-5-1-3-6(4-2-5)9-11-10-8/h1-4,8H/p-1. The van der Waals surface area contributed by atoms with E-state index in [4.69, 9.17) is 11.6 Å². The molecule has 0 saturated heterocycles. The van der Waals surface area contributed by atoms with Gasteiger partial charge in [-0.15, -0.1) is 0 Å². The summed E-state index contributed by atoms with van der Waals surface area (Å²) >= 11 is 5.56. The van der Waals surface area contributed by atoms with Crippen LogP contribution in [0.2, 0.25) is 5.02 Å². The van der Waals surface area contributed by atoms with Crippen molar-refractivity contribution >= 4 is 11.6 Å². The molecule has 0 unspecified atom stereocenters. The Morgan fingerprint density at radius 2 is 1.82 bits per heavy atom.